The Bertz CT molecular complexity index is 1530. The smallest absolute Gasteiger partial charge is 0.338 e. The number of amides is 2. The number of hydrogen-bond acceptors (Lipinski definition) is 8. The highest BCUT2D eigenvalue weighted by molar-refractivity contribution is 6.37. The summed E-state index contributed by atoms with van der Waals surface area (Å²) in [5.74, 6) is 0.331. The summed E-state index contributed by atoms with van der Waals surface area (Å²) in [4.78, 5) is 42.3. The van der Waals surface area contributed by atoms with Crippen LogP contribution in [0.1, 0.15) is 38.8 Å². The monoisotopic (exact) mass is 556 g/mol. The Morgan fingerprint density at radius 1 is 0.902 bits per heavy atom. The number of rotatable bonds is 9. The van der Waals surface area contributed by atoms with Crippen LogP contribution in [0.2, 0.25) is 0 Å². The van der Waals surface area contributed by atoms with E-state index in [1.165, 1.54) is 0 Å². The molecular formula is C31H32N4O6. The van der Waals surface area contributed by atoms with Crippen LogP contribution in [-0.4, -0.2) is 75.2 Å². The second kappa shape index (κ2) is 11.7. The molecule has 10 heteroatoms. The van der Waals surface area contributed by atoms with Crippen LogP contribution in [0.5, 0.6) is 11.5 Å². The van der Waals surface area contributed by atoms with Crippen molar-refractivity contribution in [3.8, 4) is 11.5 Å². The van der Waals surface area contributed by atoms with Gasteiger partial charge in [-0.3, -0.25) is 9.59 Å². The number of carbonyl (C=O) groups is 3. The van der Waals surface area contributed by atoms with Crippen molar-refractivity contribution in [2.75, 3.05) is 58.3 Å². The second-order valence-corrected chi connectivity index (χ2v) is 9.99. The average Bonchev–Trinajstić information content (AvgIpc) is 3.57. The highest BCUT2D eigenvalue weighted by atomic mass is 16.7. The summed E-state index contributed by atoms with van der Waals surface area (Å²) < 4.78 is 16.2. The van der Waals surface area contributed by atoms with Gasteiger partial charge in [0, 0.05) is 42.5 Å². The predicted octanol–water partition coefficient (Wildman–Crippen LogP) is 4.16. The number of hydrogen-bond donors (Lipinski definition) is 2. The van der Waals surface area contributed by atoms with Crippen molar-refractivity contribution in [3.05, 3.63) is 82.9 Å². The van der Waals surface area contributed by atoms with Crippen LogP contribution in [0.15, 0.2) is 60.7 Å². The van der Waals surface area contributed by atoms with Crippen LogP contribution in [0, 0.1) is 0 Å². The number of nitrogens with one attached hydrogen (secondary N) is 2. The number of likely N-dealkylation sites (N-methyl/N-ethyl adjacent to an activating group) is 2. The van der Waals surface area contributed by atoms with Crippen molar-refractivity contribution in [2.45, 2.75) is 6.92 Å². The molecule has 0 aromatic heterocycles. The number of anilines is 2. The number of benzene rings is 3. The maximum Gasteiger partial charge on any atom is 0.338 e. The van der Waals surface area contributed by atoms with Crippen molar-refractivity contribution < 1.29 is 28.6 Å². The molecule has 5 rings (SSSR count). The van der Waals surface area contributed by atoms with E-state index in [1.54, 1.807) is 67.4 Å². The molecule has 0 radical (unpaired) electrons. The first-order chi connectivity index (χ1) is 19.7. The lowest BCUT2D eigenvalue weighted by Gasteiger charge is -2.20. The van der Waals surface area contributed by atoms with Crippen LogP contribution < -0.4 is 20.1 Å². The summed E-state index contributed by atoms with van der Waals surface area (Å²) >= 11 is 0. The zero-order chi connectivity index (χ0) is 29.1. The third-order valence-corrected chi connectivity index (χ3v) is 6.82. The molecule has 2 heterocycles. The molecule has 0 bridgehead atoms. The van der Waals surface area contributed by atoms with Crippen LogP contribution in [0.3, 0.4) is 0 Å². The highest BCUT2D eigenvalue weighted by Crippen LogP contribution is 2.41. The van der Waals surface area contributed by atoms with Gasteiger partial charge in [-0.25, -0.2) is 4.79 Å². The van der Waals surface area contributed by atoms with Crippen LogP contribution in [-0.2, 0) is 9.53 Å². The second-order valence-electron chi connectivity index (χ2n) is 9.99. The Labute approximate surface area is 238 Å². The van der Waals surface area contributed by atoms with Gasteiger partial charge in [0.1, 0.15) is 0 Å². The van der Waals surface area contributed by atoms with Gasteiger partial charge < -0.3 is 34.6 Å². The minimum atomic E-state index is -0.460. The molecule has 3 aromatic rings. The number of fused-ring (bicyclic) bond motifs is 2. The van der Waals surface area contributed by atoms with E-state index >= 15 is 0 Å². The molecule has 0 unspecified atom stereocenters. The van der Waals surface area contributed by atoms with Gasteiger partial charge in [0.05, 0.1) is 29.1 Å². The third kappa shape index (κ3) is 5.87. The van der Waals surface area contributed by atoms with E-state index in [-0.39, 0.29) is 25.2 Å². The molecule has 3 aromatic carbocycles. The maximum absolute atomic E-state index is 13.4. The standard InChI is InChI=1S/C31H32N4O6/c1-5-39-31(38)21-8-12-23-24(16-21)33-29(36)27(23)28(20-9-13-25-26(17-20)41-18-40-25)32-22-10-6-19(7-11-22)30(37)35(4)15-14-34(2)3/h6-13,16-17,32H,5,14-15,18H2,1-4H3,(H,33,36). The Kier molecular flexibility index (Phi) is 7.93. The molecular weight excluding hydrogens is 524 g/mol. The fourth-order valence-electron chi connectivity index (χ4n) is 4.61. The Morgan fingerprint density at radius 3 is 2.34 bits per heavy atom. The predicted molar refractivity (Wildman–Crippen MR) is 156 cm³/mol. The SMILES string of the molecule is CCOC(=O)c1ccc2c(c1)NC(=O)C2=C(Nc1ccc(C(=O)N(C)CCN(C)C)cc1)c1ccc2c(c1)OCO2. The molecule has 0 fully saturated rings. The molecule has 2 N–H and O–H groups in total. The Balaban J connectivity index is 1.50. The number of ether oxygens (including phenoxy) is 3. The summed E-state index contributed by atoms with van der Waals surface area (Å²) in [5.41, 5.74) is 4.37. The summed E-state index contributed by atoms with van der Waals surface area (Å²) in [7, 11) is 5.71. The topological polar surface area (TPSA) is 109 Å². The lowest BCUT2D eigenvalue weighted by molar-refractivity contribution is -0.110. The van der Waals surface area contributed by atoms with Gasteiger partial charge in [-0.05, 0) is 75.6 Å². The Hall–Kier alpha value is -4.83. The molecule has 2 aliphatic rings. The van der Waals surface area contributed by atoms with E-state index in [1.807, 2.05) is 31.1 Å². The fraction of sp³-hybridized carbons (Fsp3) is 0.258. The van der Waals surface area contributed by atoms with Crippen LogP contribution in [0.4, 0.5) is 11.4 Å². The normalized spacial score (nSPS) is 14.4. The average molecular weight is 557 g/mol. The van der Waals surface area contributed by atoms with E-state index < -0.39 is 5.97 Å². The van der Waals surface area contributed by atoms with Crippen molar-refractivity contribution in [2.24, 2.45) is 0 Å². The van der Waals surface area contributed by atoms with Gasteiger partial charge >= 0.3 is 5.97 Å². The van der Waals surface area contributed by atoms with Crippen molar-refractivity contribution in [3.63, 3.8) is 0 Å². The molecule has 0 spiro atoms. The maximum atomic E-state index is 13.4. The lowest BCUT2D eigenvalue weighted by Crippen LogP contribution is -2.33. The summed E-state index contributed by atoms with van der Waals surface area (Å²) in [6, 6.07) is 17.6. The zero-order valence-corrected chi connectivity index (χ0v) is 23.4. The van der Waals surface area contributed by atoms with E-state index in [0.29, 0.717) is 62.9 Å². The van der Waals surface area contributed by atoms with Crippen LogP contribution in [0.25, 0.3) is 11.3 Å². The Morgan fingerprint density at radius 2 is 1.61 bits per heavy atom. The molecule has 0 saturated carbocycles. The summed E-state index contributed by atoms with van der Waals surface area (Å²) in [6.45, 7) is 3.49. The van der Waals surface area contributed by atoms with Gasteiger partial charge in [-0.2, -0.15) is 0 Å². The largest absolute Gasteiger partial charge is 0.462 e. The minimum absolute atomic E-state index is 0.0748. The van der Waals surface area contributed by atoms with Crippen LogP contribution >= 0.6 is 0 Å². The number of nitrogens with zero attached hydrogens (tertiary/aromatic N) is 2. The first-order valence-electron chi connectivity index (χ1n) is 13.3. The first kappa shape index (κ1) is 27.7. The molecule has 0 aliphatic carbocycles. The molecule has 41 heavy (non-hydrogen) atoms. The van der Waals surface area contributed by atoms with Gasteiger partial charge in [0.25, 0.3) is 11.8 Å². The minimum Gasteiger partial charge on any atom is -0.462 e. The molecule has 2 aliphatic heterocycles. The van der Waals surface area contributed by atoms with E-state index in [2.05, 4.69) is 10.6 Å². The molecule has 212 valence electrons. The van der Waals surface area contributed by atoms with Gasteiger partial charge in [0.2, 0.25) is 6.79 Å². The van der Waals surface area contributed by atoms with Gasteiger partial charge in [-0.15, -0.1) is 0 Å². The molecule has 0 saturated heterocycles. The van der Waals surface area contributed by atoms with Crippen molar-refractivity contribution in [1.82, 2.24) is 9.80 Å². The lowest BCUT2D eigenvalue weighted by atomic mass is 9.98. The molecule has 10 nitrogen and oxygen atoms in total. The quantitative estimate of drug-likeness (QED) is 0.299. The fourth-order valence-corrected chi connectivity index (χ4v) is 4.61. The number of esters is 1. The highest BCUT2D eigenvalue weighted by Gasteiger charge is 2.30. The third-order valence-electron chi connectivity index (χ3n) is 6.82. The van der Waals surface area contributed by atoms with E-state index in [9.17, 15) is 14.4 Å². The zero-order valence-electron chi connectivity index (χ0n) is 23.4. The number of carbonyl (C=O) groups excluding carboxylic acids is 3. The summed E-state index contributed by atoms with van der Waals surface area (Å²) in [5, 5.41) is 6.27. The first-order valence-corrected chi connectivity index (χ1v) is 13.3. The van der Waals surface area contributed by atoms with E-state index in [0.717, 1.165) is 6.54 Å². The van der Waals surface area contributed by atoms with Crippen molar-refractivity contribution in [1.29, 1.82) is 0 Å². The van der Waals surface area contributed by atoms with E-state index in [4.69, 9.17) is 14.2 Å². The van der Waals surface area contributed by atoms with Gasteiger partial charge in [0.15, 0.2) is 11.5 Å². The molecule has 0 atom stereocenters. The van der Waals surface area contributed by atoms with Gasteiger partial charge in [-0.1, -0.05) is 6.07 Å². The van der Waals surface area contributed by atoms with Crippen molar-refractivity contribution >= 4 is 40.4 Å². The molecule has 2 amide bonds. The summed E-state index contributed by atoms with van der Waals surface area (Å²) in [6.07, 6.45) is 0.